The third-order valence-corrected chi connectivity index (χ3v) is 5.85. The average Bonchev–Trinajstić information content (AvgIpc) is 3.00. The van der Waals surface area contributed by atoms with Crippen molar-refractivity contribution in [1.82, 2.24) is 4.98 Å². The summed E-state index contributed by atoms with van der Waals surface area (Å²) in [5, 5.41) is 1.02. The lowest BCUT2D eigenvalue weighted by atomic mass is 10.3. The van der Waals surface area contributed by atoms with Crippen molar-refractivity contribution in [3.63, 3.8) is 0 Å². The highest BCUT2D eigenvalue weighted by atomic mass is 35.5. The maximum Gasteiger partial charge on any atom is 0.327 e. The van der Waals surface area contributed by atoms with Crippen molar-refractivity contribution in [3.05, 3.63) is 58.6 Å². The summed E-state index contributed by atoms with van der Waals surface area (Å²) in [5.41, 5.74) is 1.14. The number of sulfonamides is 1. The van der Waals surface area contributed by atoms with Gasteiger partial charge < -0.3 is 4.74 Å². The highest BCUT2D eigenvalue weighted by molar-refractivity contribution is 7.92. The molecular weight excluding hydrogens is 396 g/mol. The zero-order chi connectivity index (χ0) is 18.7. The third-order valence-electron chi connectivity index (χ3n) is 3.46. The maximum absolute atomic E-state index is 12.2. The summed E-state index contributed by atoms with van der Waals surface area (Å²) in [5.74, 6) is -0.672. The van der Waals surface area contributed by atoms with Gasteiger partial charge >= 0.3 is 5.97 Å². The summed E-state index contributed by atoms with van der Waals surface area (Å²) >= 11 is 7.34. The molecule has 0 aliphatic rings. The molecule has 0 fully saturated rings. The Morgan fingerprint density at radius 2 is 2.00 bits per heavy atom. The molecule has 2 aromatic carbocycles. The number of carbonyl (C=O) groups excluding carboxylic acids is 1. The molecular formula is C17H15ClN2O4S2. The van der Waals surface area contributed by atoms with E-state index in [2.05, 4.69) is 4.98 Å². The Balaban J connectivity index is 1.70. The van der Waals surface area contributed by atoms with Gasteiger partial charge in [0.2, 0.25) is 10.0 Å². The minimum absolute atomic E-state index is 0.00860. The number of esters is 1. The number of ether oxygens (including phenoxy) is 1. The van der Waals surface area contributed by atoms with E-state index in [1.54, 1.807) is 18.2 Å². The van der Waals surface area contributed by atoms with Gasteiger partial charge in [-0.1, -0.05) is 29.8 Å². The second-order valence-corrected chi connectivity index (χ2v) is 8.94. The molecule has 0 amide bonds. The first-order valence-corrected chi connectivity index (χ1v) is 10.6. The minimum atomic E-state index is -3.67. The number of carbonyl (C=O) groups is 1. The van der Waals surface area contributed by atoms with Gasteiger partial charge in [-0.05, 0) is 30.3 Å². The molecule has 9 heteroatoms. The number of rotatable bonds is 6. The topological polar surface area (TPSA) is 76.6 Å². The third kappa shape index (κ3) is 4.51. The first-order valence-electron chi connectivity index (χ1n) is 7.56. The van der Waals surface area contributed by atoms with Crippen molar-refractivity contribution >= 4 is 54.8 Å². The van der Waals surface area contributed by atoms with Crippen LogP contribution in [0.5, 0.6) is 0 Å². The Kier molecular flexibility index (Phi) is 5.45. The Morgan fingerprint density at radius 3 is 2.69 bits per heavy atom. The summed E-state index contributed by atoms with van der Waals surface area (Å²) in [7, 11) is -3.67. The van der Waals surface area contributed by atoms with E-state index in [1.807, 2.05) is 24.3 Å². The van der Waals surface area contributed by atoms with Crippen LogP contribution in [-0.4, -0.2) is 32.2 Å². The fourth-order valence-electron chi connectivity index (χ4n) is 2.32. The highest BCUT2D eigenvalue weighted by Gasteiger charge is 2.22. The van der Waals surface area contributed by atoms with Crippen LogP contribution in [0, 0.1) is 0 Å². The molecule has 0 spiro atoms. The van der Waals surface area contributed by atoms with E-state index in [0.717, 1.165) is 20.8 Å². The minimum Gasteiger partial charge on any atom is -0.457 e. The molecule has 6 nitrogen and oxygen atoms in total. The van der Waals surface area contributed by atoms with E-state index in [4.69, 9.17) is 16.3 Å². The zero-order valence-corrected chi connectivity index (χ0v) is 16.1. The predicted molar refractivity (Wildman–Crippen MR) is 103 cm³/mol. The number of benzene rings is 2. The normalized spacial score (nSPS) is 11.5. The van der Waals surface area contributed by atoms with Crippen LogP contribution < -0.4 is 4.31 Å². The quantitative estimate of drug-likeness (QED) is 0.581. The lowest BCUT2D eigenvalue weighted by Gasteiger charge is -2.21. The van der Waals surface area contributed by atoms with Crippen LogP contribution in [-0.2, 0) is 26.2 Å². The molecule has 3 aromatic rings. The van der Waals surface area contributed by atoms with E-state index in [1.165, 1.54) is 17.4 Å². The summed E-state index contributed by atoms with van der Waals surface area (Å²) in [6, 6.07) is 13.9. The van der Waals surface area contributed by atoms with E-state index < -0.39 is 22.5 Å². The molecule has 0 unspecified atom stereocenters. The Hall–Kier alpha value is -2.16. The van der Waals surface area contributed by atoms with E-state index in [9.17, 15) is 13.2 Å². The van der Waals surface area contributed by atoms with Crippen molar-refractivity contribution in [2.75, 3.05) is 17.1 Å². The number of aromatic nitrogens is 1. The summed E-state index contributed by atoms with van der Waals surface area (Å²) in [4.78, 5) is 16.5. The smallest absolute Gasteiger partial charge is 0.327 e. The van der Waals surface area contributed by atoms with Crippen molar-refractivity contribution in [3.8, 4) is 0 Å². The molecule has 1 heterocycles. The molecule has 0 saturated heterocycles. The number of hydrogen-bond acceptors (Lipinski definition) is 6. The van der Waals surface area contributed by atoms with Gasteiger partial charge in [0.05, 0.1) is 22.2 Å². The molecule has 0 aliphatic heterocycles. The van der Waals surface area contributed by atoms with E-state index >= 15 is 0 Å². The molecule has 0 aliphatic carbocycles. The number of thiazole rings is 1. The van der Waals surface area contributed by atoms with Gasteiger partial charge in [0.1, 0.15) is 18.2 Å². The molecule has 0 radical (unpaired) electrons. The van der Waals surface area contributed by atoms with Crippen LogP contribution >= 0.6 is 22.9 Å². The summed E-state index contributed by atoms with van der Waals surface area (Å²) in [6.45, 7) is -0.449. The molecule has 26 heavy (non-hydrogen) atoms. The van der Waals surface area contributed by atoms with Gasteiger partial charge in [-0.3, -0.25) is 9.10 Å². The first-order chi connectivity index (χ1) is 12.3. The molecule has 3 rings (SSSR count). The largest absolute Gasteiger partial charge is 0.457 e. The van der Waals surface area contributed by atoms with Crippen molar-refractivity contribution in [1.29, 1.82) is 0 Å². The Morgan fingerprint density at radius 1 is 1.23 bits per heavy atom. The highest BCUT2D eigenvalue weighted by Crippen LogP contribution is 2.23. The van der Waals surface area contributed by atoms with Gasteiger partial charge in [-0.15, -0.1) is 11.3 Å². The molecule has 0 bridgehead atoms. The lowest BCUT2D eigenvalue weighted by molar-refractivity contribution is -0.143. The van der Waals surface area contributed by atoms with Gasteiger partial charge in [-0.25, -0.2) is 13.4 Å². The van der Waals surface area contributed by atoms with Gasteiger partial charge in [0.15, 0.2) is 0 Å². The van der Waals surface area contributed by atoms with E-state index in [0.29, 0.717) is 15.7 Å². The van der Waals surface area contributed by atoms with Crippen LogP contribution in [0.25, 0.3) is 10.2 Å². The van der Waals surface area contributed by atoms with Gasteiger partial charge in [0, 0.05) is 5.02 Å². The number of anilines is 1. The van der Waals surface area contributed by atoms with Gasteiger partial charge in [-0.2, -0.15) is 0 Å². The predicted octanol–water partition coefficient (Wildman–Crippen LogP) is 3.46. The second kappa shape index (κ2) is 7.61. The standard InChI is InChI=1S/C17H15ClN2O4S2/c1-26(22,23)20(13-6-4-5-12(18)9-13)10-17(21)24-11-16-19-14-7-2-3-8-15(14)25-16/h2-9H,10-11H2,1H3. The number of fused-ring (bicyclic) bond motifs is 1. The fourth-order valence-corrected chi connectivity index (χ4v) is 4.22. The lowest BCUT2D eigenvalue weighted by Crippen LogP contribution is -2.35. The number of nitrogens with zero attached hydrogens (tertiary/aromatic N) is 2. The van der Waals surface area contributed by atoms with Crippen molar-refractivity contribution < 1.29 is 17.9 Å². The molecule has 0 N–H and O–H groups in total. The van der Waals surface area contributed by atoms with Crippen molar-refractivity contribution in [2.24, 2.45) is 0 Å². The van der Waals surface area contributed by atoms with Crippen LogP contribution in [0.1, 0.15) is 5.01 Å². The Bertz CT molecular complexity index is 1020. The van der Waals surface area contributed by atoms with Crippen LogP contribution in [0.15, 0.2) is 48.5 Å². The molecule has 1 aromatic heterocycles. The average molecular weight is 411 g/mol. The first kappa shape index (κ1) is 18.6. The summed E-state index contributed by atoms with van der Waals surface area (Å²) < 4.78 is 31.2. The van der Waals surface area contributed by atoms with E-state index in [-0.39, 0.29) is 6.61 Å². The number of halogens is 1. The number of para-hydroxylation sites is 1. The molecule has 136 valence electrons. The van der Waals surface area contributed by atoms with Gasteiger partial charge in [0.25, 0.3) is 0 Å². The van der Waals surface area contributed by atoms with Crippen LogP contribution in [0.4, 0.5) is 5.69 Å². The fraction of sp³-hybridized carbons (Fsp3) is 0.176. The van der Waals surface area contributed by atoms with Crippen LogP contribution in [0.2, 0.25) is 5.02 Å². The van der Waals surface area contributed by atoms with Crippen molar-refractivity contribution in [2.45, 2.75) is 6.61 Å². The second-order valence-electron chi connectivity index (χ2n) is 5.49. The maximum atomic E-state index is 12.2. The summed E-state index contributed by atoms with van der Waals surface area (Å²) in [6.07, 6.45) is 1.02. The molecule has 0 atom stereocenters. The molecule has 0 saturated carbocycles. The SMILES string of the molecule is CS(=O)(=O)N(CC(=O)OCc1nc2ccccc2s1)c1cccc(Cl)c1. The number of hydrogen-bond donors (Lipinski definition) is 0. The monoisotopic (exact) mass is 410 g/mol. The van der Waals surface area contributed by atoms with Crippen LogP contribution in [0.3, 0.4) is 0 Å². The Labute approximate surface area is 160 Å². The zero-order valence-electron chi connectivity index (χ0n) is 13.8.